The molecule has 0 saturated heterocycles. The Morgan fingerprint density at radius 1 is 1.18 bits per heavy atom. The highest BCUT2D eigenvalue weighted by Gasteiger charge is 1.99. The molecule has 0 bridgehead atoms. The van der Waals surface area contributed by atoms with Gasteiger partial charge in [0.2, 0.25) is 0 Å². The van der Waals surface area contributed by atoms with E-state index in [1.165, 1.54) is 19.3 Å². The van der Waals surface area contributed by atoms with E-state index in [1.807, 2.05) is 0 Å². The van der Waals surface area contributed by atoms with Gasteiger partial charge in [0.15, 0.2) is 0 Å². The van der Waals surface area contributed by atoms with Crippen molar-refractivity contribution >= 4 is 0 Å². The Bertz CT molecular complexity index is 101. The average molecular weight is 154 g/mol. The molecule has 0 rings (SSSR count). The molecular weight excluding hydrogens is 132 g/mol. The first-order valence-corrected chi connectivity index (χ1v) is 4.83. The molecule has 66 valence electrons. The normalized spacial score (nSPS) is 14.6. The molecule has 0 heterocycles. The second-order valence-corrected chi connectivity index (χ2v) is 3.82. The van der Waals surface area contributed by atoms with Crippen LogP contribution in [0.25, 0.3) is 0 Å². The zero-order chi connectivity index (χ0) is 8.69. The number of rotatable bonds is 5. The van der Waals surface area contributed by atoms with Crippen molar-refractivity contribution in [2.75, 3.05) is 0 Å². The van der Waals surface area contributed by atoms with Gasteiger partial charge in [0.1, 0.15) is 0 Å². The lowest BCUT2D eigenvalue weighted by molar-refractivity contribution is 0.502. The van der Waals surface area contributed by atoms with Crippen molar-refractivity contribution in [3.63, 3.8) is 0 Å². The largest absolute Gasteiger partial charge is 0.0883 e. The predicted octanol–water partition coefficient (Wildman–Crippen LogP) is 4.02. The van der Waals surface area contributed by atoms with E-state index in [1.54, 1.807) is 0 Å². The van der Waals surface area contributed by atoms with Crippen LogP contribution >= 0.6 is 0 Å². The van der Waals surface area contributed by atoms with Crippen LogP contribution in [0.15, 0.2) is 12.2 Å². The Hall–Kier alpha value is -0.260. The molecule has 0 aromatic rings. The minimum atomic E-state index is 0.765. The van der Waals surface area contributed by atoms with Crippen LogP contribution in [0, 0.1) is 11.8 Å². The summed E-state index contributed by atoms with van der Waals surface area (Å²) in [5.74, 6) is 1.60. The zero-order valence-electron chi connectivity index (χ0n) is 8.43. The molecule has 0 aliphatic rings. The zero-order valence-corrected chi connectivity index (χ0v) is 8.43. The van der Waals surface area contributed by atoms with Crippen LogP contribution in [0.4, 0.5) is 0 Å². The molecule has 0 aromatic carbocycles. The molecule has 0 heteroatoms. The van der Waals surface area contributed by atoms with Crippen LogP contribution in [0.5, 0.6) is 0 Å². The molecule has 0 saturated carbocycles. The fourth-order valence-electron chi connectivity index (χ4n) is 1.32. The lowest BCUT2D eigenvalue weighted by atomic mass is 9.98. The summed E-state index contributed by atoms with van der Waals surface area (Å²) in [5.41, 5.74) is 0. The van der Waals surface area contributed by atoms with E-state index in [0.29, 0.717) is 0 Å². The molecule has 0 radical (unpaired) electrons. The van der Waals surface area contributed by atoms with Crippen molar-refractivity contribution in [3.05, 3.63) is 12.2 Å². The van der Waals surface area contributed by atoms with Gasteiger partial charge in [-0.25, -0.2) is 0 Å². The maximum Gasteiger partial charge on any atom is -0.0260 e. The number of allylic oxidation sites excluding steroid dienone is 2. The minimum absolute atomic E-state index is 0.765. The minimum Gasteiger partial charge on any atom is -0.0883 e. The van der Waals surface area contributed by atoms with Gasteiger partial charge in [0, 0.05) is 0 Å². The standard InChI is InChI=1S/C11H22/c1-5-6-7-8-11(4)9-10(2)3/h7-8,10-11H,5-6,9H2,1-4H3/b8-7+. The van der Waals surface area contributed by atoms with E-state index in [4.69, 9.17) is 0 Å². The van der Waals surface area contributed by atoms with Gasteiger partial charge >= 0.3 is 0 Å². The van der Waals surface area contributed by atoms with E-state index >= 15 is 0 Å². The highest BCUT2D eigenvalue weighted by atomic mass is 14.0. The lowest BCUT2D eigenvalue weighted by Crippen LogP contribution is -1.95. The Balaban J connectivity index is 3.42. The maximum absolute atomic E-state index is 2.35. The molecular formula is C11H22. The molecule has 0 spiro atoms. The van der Waals surface area contributed by atoms with E-state index in [0.717, 1.165) is 11.8 Å². The van der Waals surface area contributed by atoms with Crippen LogP contribution in [-0.4, -0.2) is 0 Å². The summed E-state index contributed by atoms with van der Waals surface area (Å²) in [6.45, 7) is 9.08. The summed E-state index contributed by atoms with van der Waals surface area (Å²) in [4.78, 5) is 0. The maximum atomic E-state index is 2.35. The van der Waals surface area contributed by atoms with Crippen molar-refractivity contribution in [2.45, 2.75) is 47.0 Å². The van der Waals surface area contributed by atoms with Gasteiger partial charge < -0.3 is 0 Å². The number of hydrogen-bond donors (Lipinski definition) is 0. The smallest absolute Gasteiger partial charge is 0.0260 e. The summed E-state index contributed by atoms with van der Waals surface area (Å²) in [6, 6.07) is 0. The monoisotopic (exact) mass is 154 g/mol. The summed E-state index contributed by atoms with van der Waals surface area (Å²) >= 11 is 0. The van der Waals surface area contributed by atoms with Crippen molar-refractivity contribution < 1.29 is 0 Å². The Morgan fingerprint density at radius 3 is 2.27 bits per heavy atom. The summed E-state index contributed by atoms with van der Waals surface area (Å²) in [6.07, 6.45) is 8.49. The van der Waals surface area contributed by atoms with Crippen LogP contribution in [0.3, 0.4) is 0 Å². The quantitative estimate of drug-likeness (QED) is 0.524. The SMILES string of the molecule is CCC/C=C/C(C)CC(C)C. The predicted molar refractivity (Wildman–Crippen MR) is 52.7 cm³/mol. The molecule has 11 heavy (non-hydrogen) atoms. The summed E-state index contributed by atoms with van der Waals surface area (Å²) in [5, 5.41) is 0. The van der Waals surface area contributed by atoms with Gasteiger partial charge in [-0.1, -0.05) is 46.3 Å². The average Bonchev–Trinajstić information content (AvgIpc) is 1.86. The Labute approximate surface area is 71.7 Å². The van der Waals surface area contributed by atoms with Gasteiger partial charge in [-0.15, -0.1) is 0 Å². The Morgan fingerprint density at radius 2 is 1.82 bits per heavy atom. The van der Waals surface area contributed by atoms with E-state index in [2.05, 4.69) is 39.8 Å². The second kappa shape index (κ2) is 6.45. The number of hydrogen-bond acceptors (Lipinski definition) is 0. The van der Waals surface area contributed by atoms with Crippen LogP contribution in [0.1, 0.15) is 47.0 Å². The molecule has 0 N–H and O–H groups in total. The van der Waals surface area contributed by atoms with Crippen LogP contribution in [0.2, 0.25) is 0 Å². The first-order chi connectivity index (χ1) is 5.16. The van der Waals surface area contributed by atoms with E-state index in [-0.39, 0.29) is 0 Å². The van der Waals surface area contributed by atoms with Gasteiger partial charge in [0.05, 0.1) is 0 Å². The van der Waals surface area contributed by atoms with Gasteiger partial charge in [-0.3, -0.25) is 0 Å². The van der Waals surface area contributed by atoms with Gasteiger partial charge in [-0.05, 0) is 24.7 Å². The number of unbranched alkanes of at least 4 members (excludes halogenated alkanes) is 1. The molecule has 1 unspecified atom stereocenters. The fraction of sp³-hybridized carbons (Fsp3) is 0.818. The second-order valence-electron chi connectivity index (χ2n) is 3.82. The molecule has 0 nitrogen and oxygen atoms in total. The third kappa shape index (κ3) is 7.64. The lowest BCUT2D eigenvalue weighted by Gasteiger charge is -2.08. The molecule has 0 aliphatic carbocycles. The first-order valence-electron chi connectivity index (χ1n) is 4.83. The highest BCUT2D eigenvalue weighted by molar-refractivity contribution is 4.86. The van der Waals surface area contributed by atoms with E-state index < -0.39 is 0 Å². The van der Waals surface area contributed by atoms with Crippen molar-refractivity contribution in [3.8, 4) is 0 Å². The molecule has 0 aromatic heterocycles. The molecule has 0 amide bonds. The fourth-order valence-corrected chi connectivity index (χ4v) is 1.32. The van der Waals surface area contributed by atoms with E-state index in [9.17, 15) is 0 Å². The topological polar surface area (TPSA) is 0 Å². The molecule has 0 fully saturated rings. The van der Waals surface area contributed by atoms with Gasteiger partial charge in [-0.2, -0.15) is 0 Å². The van der Waals surface area contributed by atoms with Crippen LogP contribution in [-0.2, 0) is 0 Å². The highest BCUT2D eigenvalue weighted by Crippen LogP contribution is 2.12. The van der Waals surface area contributed by atoms with Crippen molar-refractivity contribution in [1.82, 2.24) is 0 Å². The first kappa shape index (κ1) is 10.7. The van der Waals surface area contributed by atoms with Crippen molar-refractivity contribution in [2.24, 2.45) is 11.8 Å². The molecule has 0 aliphatic heterocycles. The summed E-state index contributed by atoms with van der Waals surface area (Å²) < 4.78 is 0. The van der Waals surface area contributed by atoms with Crippen LogP contribution < -0.4 is 0 Å². The Kier molecular flexibility index (Phi) is 6.30. The van der Waals surface area contributed by atoms with Crippen molar-refractivity contribution in [1.29, 1.82) is 0 Å². The summed E-state index contributed by atoms with van der Waals surface area (Å²) in [7, 11) is 0. The third-order valence-corrected chi connectivity index (χ3v) is 1.76. The third-order valence-electron chi connectivity index (χ3n) is 1.76. The van der Waals surface area contributed by atoms with Gasteiger partial charge in [0.25, 0.3) is 0 Å². The molecule has 1 atom stereocenters.